The second kappa shape index (κ2) is 15.7. The van der Waals surface area contributed by atoms with Crippen molar-refractivity contribution in [1.82, 2.24) is 20.9 Å². The van der Waals surface area contributed by atoms with E-state index in [1.165, 1.54) is 13.8 Å². The number of carbonyl (C=O) groups excluding carboxylic acids is 4. The van der Waals surface area contributed by atoms with Gasteiger partial charge in [0.05, 0.1) is 19.1 Å². The van der Waals surface area contributed by atoms with Crippen molar-refractivity contribution in [2.75, 3.05) is 19.7 Å². The van der Waals surface area contributed by atoms with E-state index in [2.05, 4.69) is 16.0 Å². The van der Waals surface area contributed by atoms with Crippen molar-refractivity contribution in [2.45, 2.75) is 76.8 Å². The predicted molar refractivity (Wildman–Crippen MR) is 179 cm³/mol. The number of nitrogens with zero attached hydrogens (tertiary/aromatic N) is 1. The van der Waals surface area contributed by atoms with Crippen LogP contribution < -0.4 is 16.0 Å². The van der Waals surface area contributed by atoms with Crippen LogP contribution >= 0.6 is 0 Å². The largest absolute Gasteiger partial charge is 0.444 e. The van der Waals surface area contributed by atoms with Gasteiger partial charge in [-0.15, -0.1) is 0 Å². The summed E-state index contributed by atoms with van der Waals surface area (Å²) >= 11 is 0. The molecule has 10 heteroatoms. The summed E-state index contributed by atoms with van der Waals surface area (Å²) in [5.74, 6) is -1.55. The molecule has 3 aromatic rings. The summed E-state index contributed by atoms with van der Waals surface area (Å²) in [7, 11) is 0. The van der Waals surface area contributed by atoms with E-state index in [1.54, 1.807) is 25.7 Å². The zero-order chi connectivity index (χ0) is 34.0. The maximum atomic E-state index is 13.9. The molecular weight excluding hydrogens is 596 g/mol. The molecule has 1 fully saturated rings. The van der Waals surface area contributed by atoms with Crippen molar-refractivity contribution in [3.8, 4) is 0 Å². The van der Waals surface area contributed by atoms with Gasteiger partial charge >= 0.3 is 6.09 Å². The molecule has 1 aliphatic rings. The number of ether oxygens (including phenoxy) is 2. The number of benzene rings is 3. The molecule has 2 atom stereocenters. The Labute approximate surface area is 277 Å². The van der Waals surface area contributed by atoms with Crippen LogP contribution in [0.1, 0.15) is 63.6 Å². The van der Waals surface area contributed by atoms with Gasteiger partial charge in [0.15, 0.2) is 0 Å². The highest BCUT2D eigenvalue weighted by Crippen LogP contribution is 2.25. The maximum Gasteiger partial charge on any atom is 0.408 e. The summed E-state index contributed by atoms with van der Waals surface area (Å²) in [6.45, 7) is 9.11. The fourth-order valence-corrected chi connectivity index (χ4v) is 5.37. The Hall–Kier alpha value is -4.70. The summed E-state index contributed by atoms with van der Waals surface area (Å²) in [6, 6.07) is 27.4. The molecule has 1 unspecified atom stereocenters. The lowest BCUT2D eigenvalue weighted by molar-refractivity contribution is -0.139. The van der Waals surface area contributed by atoms with Crippen molar-refractivity contribution in [2.24, 2.45) is 0 Å². The van der Waals surface area contributed by atoms with E-state index in [-0.39, 0.29) is 37.6 Å². The zero-order valence-electron chi connectivity index (χ0n) is 27.8. The molecule has 3 aromatic carbocycles. The molecule has 0 aromatic heterocycles. The van der Waals surface area contributed by atoms with Crippen LogP contribution in [0.15, 0.2) is 91.0 Å². The molecule has 4 rings (SSSR count). The Kier molecular flexibility index (Phi) is 11.8. The van der Waals surface area contributed by atoms with Crippen LogP contribution in [-0.2, 0) is 30.5 Å². The molecule has 10 nitrogen and oxygen atoms in total. The third-order valence-electron chi connectivity index (χ3n) is 7.75. The number of carbonyl (C=O) groups is 4. The molecule has 0 aliphatic carbocycles. The monoisotopic (exact) mass is 642 g/mol. The first-order valence-electron chi connectivity index (χ1n) is 16.0. The van der Waals surface area contributed by atoms with E-state index in [9.17, 15) is 19.2 Å². The molecule has 3 N–H and O–H groups in total. The molecule has 1 saturated heterocycles. The van der Waals surface area contributed by atoms with Crippen molar-refractivity contribution < 1.29 is 28.7 Å². The minimum atomic E-state index is -1.38. The average molecular weight is 643 g/mol. The van der Waals surface area contributed by atoms with Gasteiger partial charge in [-0.2, -0.15) is 0 Å². The second-order valence-electron chi connectivity index (χ2n) is 13.3. The first-order valence-corrected chi connectivity index (χ1v) is 16.0. The van der Waals surface area contributed by atoms with E-state index in [4.69, 9.17) is 9.47 Å². The van der Waals surface area contributed by atoms with E-state index < -0.39 is 35.1 Å². The highest BCUT2D eigenvalue weighted by molar-refractivity contribution is 5.94. The van der Waals surface area contributed by atoms with Crippen molar-refractivity contribution in [3.63, 3.8) is 0 Å². The Bertz CT molecular complexity index is 1450. The molecule has 1 aliphatic heterocycles. The fourth-order valence-electron chi connectivity index (χ4n) is 5.37. The van der Waals surface area contributed by atoms with Gasteiger partial charge in [-0.25, -0.2) is 4.79 Å². The molecule has 1 heterocycles. The number of amides is 4. The molecule has 0 radical (unpaired) electrons. The Morgan fingerprint density at radius 1 is 0.830 bits per heavy atom. The second-order valence-corrected chi connectivity index (χ2v) is 13.3. The SMILES string of the molecule is CC(C)(C)OC(=O)NC(C)(C)C(=O)N[C@H](COCc1ccccc1)C(=O)N1CCC(NC(=O)C(c2ccccc2)c2ccccc2)C1. The standard InChI is InChI=1S/C37H46N4O6/c1-36(2,3)47-35(45)40-37(4,5)34(44)39-30(25-46-24-26-15-9-6-10-16-26)33(43)41-22-21-29(23-41)38-32(42)31(27-17-11-7-12-18-27)28-19-13-8-14-20-28/h6-20,29-31H,21-25H2,1-5H3,(H,38,42)(H,39,44)(H,40,45)/t29?,30-/m1/s1. The third-order valence-corrected chi connectivity index (χ3v) is 7.75. The molecule has 250 valence electrons. The van der Waals surface area contributed by atoms with Gasteiger partial charge in [-0.1, -0.05) is 91.0 Å². The van der Waals surface area contributed by atoms with Crippen molar-refractivity contribution >= 4 is 23.8 Å². The van der Waals surface area contributed by atoms with Crippen molar-refractivity contribution in [3.05, 3.63) is 108 Å². The lowest BCUT2D eigenvalue weighted by Crippen LogP contribution is -2.60. The van der Waals surface area contributed by atoms with E-state index >= 15 is 0 Å². The van der Waals surface area contributed by atoms with Crippen LogP contribution in [0.5, 0.6) is 0 Å². The number of nitrogens with one attached hydrogen (secondary N) is 3. The molecule has 0 spiro atoms. The first-order chi connectivity index (χ1) is 22.3. The van der Waals surface area contributed by atoms with Crippen molar-refractivity contribution in [1.29, 1.82) is 0 Å². The number of hydrogen-bond donors (Lipinski definition) is 3. The number of hydrogen-bond acceptors (Lipinski definition) is 6. The van der Waals surface area contributed by atoms with Gasteiger partial charge in [0.25, 0.3) is 0 Å². The van der Waals surface area contributed by atoms with E-state index in [0.29, 0.717) is 13.0 Å². The summed E-state index contributed by atoms with van der Waals surface area (Å²) in [5, 5.41) is 8.54. The summed E-state index contributed by atoms with van der Waals surface area (Å²) in [5.41, 5.74) is 0.550. The lowest BCUT2D eigenvalue weighted by atomic mass is 9.90. The molecular formula is C37H46N4O6. The van der Waals surface area contributed by atoms with E-state index in [1.807, 2.05) is 91.0 Å². The number of rotatable bonds is 12. The predicted octanol–water partition coefficient (Wildman–Crippen LogP) is 4.54. The molecule has 0 bridgehead atoms. The van der Waals surface area contributed by atoms with Crippen LogP contribution in [0.25, 0.3) is 0 Å². The van der Waals surface area contributed by atoms with E-state index in [0.717, 1.165) is 16.7 Å². The van der Waals surface area contributed by atoms with Crippen LogP contribution in [0.2, 0.25) is 0 Å². The van der Waals surface area contributed by atoms with Gasteiger partial charge in [0, 0.05) is 19.1 Å². The van der Waals surface area contributed by atoms with Crippen LogP contribution in [-0.4, -0.2) is 71.6 Å². The van der Waals surface area contributed by atoms with Gasteiger partial charge in [0.1, 0.15) is 17.2 Å². The van der Waals surface area contributed by atoms with Gasteiger partial charge < -0.3 is 30.3 Å². The van der Waals surface area contributed by atoms with Gasteiger partial charge in [0.2, 0.25) is 17.7 Å². The zero-order valence-corrected chi connectivity index (χ0v) is 27.8. The average Bonchev–Trinajstić information content (AvgIpc) is 3.49. The quantitative estimate of drug-likeness (QED) is 0.267. The number of alkyl carbamates (subject to hydrolysis) is 1. The van der Waals surface area contributed by atoms with Gasteiger partial charge in [-0.3, -0.25) is 14.4 Å². The highest BCUT2D eigenvalue weighted by Gasteiger charge is 2.38. The highest BCUT2D eigenvalue weighted by atomic mass is 16.6. The number of likely N-dealkylation sites (tertiary alicyclic amines) is 1. The smallest absolute Gasteiger partial charge is 0.408 e. The minimum Gasteiger partial charge on any atom is -0.444 e. The van der Waals surface area contributed by atoms with Crippen LogP contribution in [0.3, 0.4) is 0 Å². The summed E-state index contributed by atoms with van der Waals surface area (Å²) < 4.78 is 11.2. The lowest BCUT2D eigenvalue weighted by Gasteiger charge is -2.30. The molecule has 0 saturated carbocycles. The van der Waals surface area contributed by atoms with Crippen LogP contribution in [0, 0.1) is 0 Å². The third kappa shape index (κ3) is 10.4. The summed E-state index contributed by atoms with van der Waals surface area (Å²) in [4.78, 5) is 55.1. The maximum absolute atomic E-state index is 13.9. The minimum absolute atomic E-state index is 0.0837. The Balaban J connectivity index is 1.43. The van der Waals surface area contributed by atoms with Gasteiger partial charge in [-0.05, 0) is 57.7 Å². The Morgan fingerprint density at radius 2 is 1.38 bits per heavy atom. The normalized spacial score (nSPS) is 15.5. The Morgan fingerprint density at radius 3 is 1.94 bits per heavy atom. The molecule has 4 amide bonds. The first kappa shape index (κ1) is 35.2. The summed E-state index contributed by atoms with van der Waals surface area (Å²) in [6.07, 6.45) is -0.186. The fraction of sp³-hybridized carbons (Fsp3) is 0.405. The van der Waals surface area contributed by atoms with Crippen LogP contribution in [0.4, 0.5) is 4.79 Å². The topological polar surface area (TPSA) is 126 Å². The molecule has 47 heavy (non-hydrogen) atoms.